The molecule has 1 aliphatic heterocycles. The lowest BCUT2D eigenvalue weighted by Crippen LogP contribution is -2.54. The molecule has 1 aliphatic rings. The Balaban J connectivity index is 2.55. The van der Waals surface area contributed by atoms with E-state index in [1.807, 2.05) is 0 Å². The molecule has 0 bridgehead atoms. The van der Waals surface area contributed by atoms with Gasteiger partial charge in [-0.05, 0) is 13.3 Å². The third kappa shape index (κ3) is 1.46. The number of likely N-dealkylation sites (tertiary alicyclic amines) is 1. The van der Waals surface area contributed by atoms with Gasteiger partial charge in [0.05, 0.1) is 0 Å². The Morgan fingerprint density at radius 2 is 2.09 bits per heavy atom. The number of alkyl halides is 3. The molecular weight excluding hydrogens is 159 g/mol. The van der Waals surface area contributed by atoms with E-state index in [-0.39, 0.29) is 12.6 Å². The van der Waals surface area contributed by atoms with E-state index in [1.165, 1.54) is 0 Å². The fourth-order valence-electron chi connectivity index (χ4n) is 0.981. The molecule has 1 saturated heterocycles. The van der Waals surface area contributed by atoms with Gasteiger partial charge in [0, 0.05) is 12.6 Å². The highest BCUT2D eigenvalue weighted by atomic mass is 19.4. The van der Waals surface area contributed by atoms with Gasteiger partial charge in [0.25, 0.3) is 0 Å². The maximum atomic E-state index is 11.7. The monoisotopic (exact) mass is 167 g/mol. The molecule has 0 aromatic rings. The zero-order valence-corrected chi connectivity index (χ0v) is 5.98. The molecular formula is C6H8F3NO. The lowest BCUT2D eigenvalue weighted by Gasteiger charge is -2.38. The van der Waals surface area contributed by atoms with E-state index in [0.717, 1.165) is 4.90 Å². The van der Waals surface area contributed by atoms with Crippen molar-refractivity contribution in [1.29, 1.82) is 0 Å². The summed E-state index contributed by atoms with van der Waals surface area (Å²) in [5.74, 6) is -1.71. The van der Waals surface area contributed by atoms with E-state index in [1.54, 1.807) is 6.92 Å². The van der Waals surface area contributed by atoms with Crippen molar-refractivity contribution in [3.05, 3.63) is 0 Å². The van der Waals surface area contributed by atoms with Crippen LogP contribution in [0.4, 0.5) is 13.2 Å². The highest BCUT2D eigenvalue weighted by molar-refractivity contribution is 5.82. The van der Waals surface area contributed by atoms with Gasteiger partial charge in [0.2, 0.25) is 0 Å². The SMILES string of the molecule is C[C@@H]1CCN1C(=O)C(F)(F)F. The van der Waals surface area contributed by atoms with Gasteiger partial charge < -0.3 is 4.90 Å². The van der Waals surface area contributed by atoms with Gasteiger partial charge in [0.1, 0.15) is 0 Å². The number of nitrogens with zero attached hydrogens (tertiary/aromatic N) is 1. The van der Waals surface area contributed by atoms with Crippen LogP contribution in [0, 0.1) is 0 Å². The average molecular weight is 167 g/mol. The van der Waals surface area contributed by atoms with Crippen molar-refractivity contribution in [3.8, 4) is 0 Å². The lowest BCUT2D eigenvalue weighted by atomic mass is 10.1. The van der Waals surface area contributed by atoms with Gasteiger partial charge in [0.15, 0.2) is 0 Å². The normalized spacial score (nSPS) is 24.7. The number of hydrogen-bond acceptors (Lipinski definition) is 1. The Labute approximate surface area is 62.0 Å². The molecule has 1 heterocycles. The van der Waals surface area contributed by atoms with Crippen LogP contribution in [0.5, 0.6) is 0 Å². The smallest absolute Gasteiger partial charge is 0.332 e. The van der Waals surface area contributed by atoms with Crippen molar-refractivity contribution in [2.45, 2.75) is 25.6 Å². The Morgan fingerprint density at radius 3 is 2.18 bits per heavy atom. The second kappa shape index (κ2) is 2.39. The van der Waals surface area contributed by atoms with Crippen LogP contribution in [0.25, 0.3) is 0 Å². The molecule has 11 heavy (non-hydrogen) atoms. The van der Waals surface area contributed by atoms with Crippen LogP contribution in [0.1, 0.15) is 13.3 Å². The predicted molar refractivity (Wildman–Crippen MR) is 31.8 cm³/mol. The molecule has 0 unspecified atom stereocenters. The first kappa shape index (κ1) is 8.36. The van der Waals surface area contributed by atoms with Crippen LogP contribution < -0.4 is 0 Å². The molecule has 1 atom stereocenters. The molecule has 0 aliphatic carbocycles. The summed E-state index contributed by atoms with van der Waals surface area (Å²) in [6, 6.07) is -0.246. The van der Waals surface area contributed by atoms with Gasteiger partial charge in [-0.3, -0.25) is 4.79 Å². The van der Waals surface area contributed by atoms with Crippen LogP contribution in [0.2, 0.25) is 0 Å². The predicted octanol–water partition coefficient (Wildman–Crippen LogP) is 1.17. The quantitative estimate of drug-likeness (QED) is 0.530. The van der Waals surface area contributed by atoms with Crippen LogP contribution >= 0.6 is 0 Å². The second-order valence-corrected chi connectivity index (χ2v) is 2.63. The first-order chi connectivity index (χ1) is 4.93. The first-order valence-electron chi connectivity index (χ1n) is 3.30. The average Bonchev–Trinajstić information content (AvgIpc) is 1.83. The summed E-state index contributed by atoms with van der Waals surface area (Å²) >= 11 is 0. The third-order valence-electron chi connectivity index (χ3n) is 1.82. The van der Waals surface area contributed by atoms with Crippen molar-refractivity contribution >= 4 is 5.91 Å². The van der Waals surface area contributed by atoms with Gasteiger partial charge >= 0.3 is 12.1 Å². The standard InChI is InChI=1S/C6H8F3NO/c1-4-2-3-10(4)5(11)6(7,8)9/h4H,2-3H2,1H3/t4-/m1/s1. The molecule has 2 nitrogen and oxygen atoms in total. The molecule has 1 amide bonds. The summed E-state index contributed by atoms with van der Waals surface area (Å²) in [5, 5.41) is 0. The molecule has 0 radical (unpaired) electrons. The molecule has 1 fully saturated rings. The molecule has 0 N–H and O–H groups in total. The maximum absolute atomic E-state index is 11.7. The maximum Gasteiger partial charge on any atom is 0.471 e. The number of amides is 1. The lowest BCUT2D eigenvalue weighted by molar-refractivity contribution is -0.192. The Hall–Kier alpha value is -0.740. The number of hydrogen-bond donors (Lipinski definition) is 0. The van der Waals surface area contributed by atoms with Crippen molar-refractivity contribution in [1.82, 2.24) is 4.90 Å². The largest absolute Gasteiger partial charge is 0.471 e. The summed E-state index contributed by atoms with van der Waals surface area (Å²) in [6.07, 6.45) is -4.03. The zero-order chi connectivity index (χ0) is 8.65. The number of halogens is 3. The Morgan fingerprint density at radius 1 is 1.55 bits per heavy atom. The Bertz CT molecular complexity index is 177. The van der Waals surface area contributed by atoms with Crippen molar-refractivity contribution in [2.75, 3.05) is 6.54 Å². The Kier molecular flexibility index (Phi) is 1.82. The van der Waals surface area contributed by atoms with E-state index in [9.17, 15) is 18.0 Å². The molecule has 64 valence electrons. The van der Waals surface area contributed by atoms with E-state index in [4.69, 9.17) is 0 Å². The molecule has 0 aromatic carbocycles. The minimum atomic E-state index is -4.70. The van der Waals surface area contributed by atoms with Crippen molar-refractivity contribution in [2.24, 2.45) is 0 Å². The second-order valence-electron chi connectivity index (χ2n) is 2.63. The fraction of sp³-hybridized carbons (Fsp3) is 0.833. The van der Waals surface area contributed by atoms with Gasteiger partial charge in [-0.25, -0.2) is 0 Å². The van der Waals surface area contributed by atoms with Crippen molar-refractivity contribution in [3.63, 3.8) is 0 Å². The zero-order valence-electron chi connectivity index (χ0n) is 5.98. The summed E-state index contributed by atoms with van der Waals surface area (Å²) in [5.41, 5.74) is 0. The number of carbonyl (C=O) groups is 1. The summed E-state index contributed by atoms with van der Waals surface area (Å²) in [6.45, 7) is 1.84. The number of carbonyl (C=O) groups excluding carboxylic acids is 1. The third-order valence-corrected chi connectivity index (χ3v) is 1.82. The van der Waals surface area contributed by atoms with Crippen LogP contribution in [0.3, 0.4) is 0 Å². The fourth-order valence-corrected chi connectivity index (χ4v) is 0.981. The molecule has 1 rings (SSSR count). The van der Waals surface area contributed by atoms with Crippen molar-refractivity contribution < 1.29 is 18.0 Å². The minimum absolute atomic E-state index is 0.236. The van der Waals surface area contributed by atoms with Crippen LogP contribution in [0.15, 0.2) is 0 Å². The van der Waals surface area contributed by atoms with Gasteiger partial charge in [-0.15, -0.1) is 0 Å². The molecule has 0 spiro atoms. The van der Waals surface area contributed by atoms with Gasteiger partial charge in [-0.1, -0.05) is 0 Å². The minimum Gasteiger partial charge on any atom is -0.332 e. The highest BCUT2D eigenvalue weighted by Gasteiger charge is 2.46. The molecule has 0 saturated carbocycles. The first-order valence-corrected chi connectivity index (χ1v) is 3.30. The van der Waals surface area contributed by atoms with Gasteiger partial charge in [-0.2, -0.15) is 13.2 Å². The summed E-state index contributed by atoms with van der Waals surface area (Å²) in [7, 11) is 0. The summed E-state index contributed by atoms with van der Waals surface area (Å²) < 4.78 is 35.1. The van der Waals surface area contributed by atoms with Crippen LogP contribution in [-0.2, 0) is 4.79 Å². The topological polar surface area (TPSA) is 20.3 Å². The summed E-state index contributed by atoms with van der Waals surface area (Å²) in [4.78, 5) is 11.3. The van der Waals surface area contributed by atoms with E-state index < -0.39 is 12.1 Å². The molecule has 5 heteroatoms. The van der Waals surface area contributed by atoms with E-state index in [2.05, 4.69) is 0 Å². The molecule has 0 aromatic heterocycles. The number of rotatable bonds is 0. The van der Waals surface area contributed by atoms with Crippen LogP contribution in [-0.4, -0.2) is 29.6 Å². The highest BCUT2D eigenvalue weighted by Crippen LogP contribution is 2.25. The van der Waals surface area contributed by atoms with E-state index in [0.29, 0.717) is 6.42 Å². The van der Waals surface area contributed by atoms with E-state index >= 15 is 0 Å².